The third-order valence-electron chi connectivity index (χ3n) is 0.882. The molecule has 0 heterocycles. The highest BCUT2D eigenvalue weighted by atomic mass is 14.3. The highest BCUT2D eigenvalue weighted by molar-refractivity contribution is 5.68. The van der Waals surface area contributed by atoms with Gasteiger partial charge in [-0.1, -0.05) is 25.2 Å². The van der Waals surface area contributed by atoms with Crippen molar-refractivity contribution in [1.29, 1.82) is 5.41 Å². The Kier molecular flexibility index (Phi) is 3.85. The molecule has 44 valence electrons. The molecule has 0 spiro atoms. The Bertz CT molecular complexity index is 112. The molecule has 0 saturated heterocycles. The number of nitrogens with one attached hydrogen (secondary N) is 1. The smallest absolute Gasteiger partial charge is 0.0177 e. The highest BCUT2D eigenvalue weighted by Crippen LogP contribution is 1.95. The first-order chi connectivity index (χ1) is 3.81. The lowest BCUT2D eigenvalue weighted by Crippen LogP contribution is -1.68. The summed E-state index contributed by atoms with van der Waals surface area (Å²) in [6, 6.07) is 0. The molecule has 0 aromatic heterocycles. The maximum atomic E-state index is 6.62. The molecule has 1 nitrogen and oxygen atoms in total. The first-order valence-electron chi connectivity index (χ1n) is 2.66. The number of hydrogen-bond acceptors (Lipinski definition) is 1. The van der Waals surface area contributed by atoms with Crippen molar-refractivity contribution < 1.29 is 0 Å². The Morgan fingerprint density at radius 1 is 1.75 bits per heavy atom. The van der Waals surface area contributed by atoms with E-state index in [2.05, 4.69) is 6.58 Å². The maximum Gasteiger partial charge on any atom is 0.0177 e. The van der Waals surface area contributed by atoms with Gasteiger partial charge in [0.15, 0.2) is 0 Å². The highest BCUT2D eigenvalue weighted by Gasteiger charge is 1.76. The van der Waals surface area contributed by atoms with Crippen LogP contribution in [0.15, 0.2) is 24.3 Å². The van der Waals surface area contributed by atoms with Crippen LogP contribution < -0.4 is 0 Å². The van der Waals surface area contributed by atoms with Gasteiger partial charge in [-0.3, -0.25) is 0 Å². The van der Waals surface area contributed by atoms with Crippen molar-refractivity contribution in [2.24, 2.45) is 0 Å². The van der Waals surface area contributed by atoms with Crippen LogP contribution in [0, 0.1) is 5.41 Å². The van der Waals surface area contributed by atoms with Gasteiger partial charge in [-0.15, -0.1) is 0 Å². The molecule has 0 bridgehead atoms. The van der Waals surface area contributed by atoms with Gasteiger partial charge in [0.25, 0.3) is 0 Å². The quantitative estimate of drug-likeness (QED) is 0.424. The van der Waals surface area contributed by atoms with E-state index in [1.807, 2.05) is 13.0 Å². The van der Waals surface area contributed by atoms with Crippen molar-refractivity contribution in [1.82, 2.24) is 0 Å². The van der Waals surface area contributed by atoms with Crippen molar-refractivity contribution in [3.8, 4) is 0 Å². The van der Waals surface area contributed by atoms with Crippen LogP contribution in [0.2, 0.25) is 0 Å². The zero-order valence-corrected chi connectivity index (χ0v) is 5.15. The first-order valence-corrected chi connectivity index (χ1v) is 2.66. The summed E-state index contributed by atoms with van der Waals surface area (Å²) in [5.74, 6) is 0. The Labute approximate surface area is 50.2 Å². The fourth-order valence-electron chi connectivity index (χ4n) is 0.302. The minimum Gasteiger partial charge on any atom is -0.309 e. The minimum atomic E-state index is 0.963. The molecule has 0 aromatic carbocycles. The zero-order chi connectivity index (χ0) is 6.41. The molecule has 0 atom stereocenters. The summed E-state index contributed by atoms with van der Waals surface area (Å²) in [4.78, 5) is 0. The molecule has 0 fully saturated rings. The molecule has 0 aliphatic heterocycles. The van der Waals surface area contributed by atoms with Crippen molar-refractivity contribution >= 4 is 6.21 Å². The third-order valence-corrected chi connectivity index (χ3v) is 0.882. The molecule has 0 amide bonds. The lowest BCUT2D eigenvalue weighted by molar-refractivity contribution is 1.16. The van der Waals surface area contributed by atoms with Gasteiger partial charge < -0.3 is 5.41 Å². The second-order valence-corrected chi connectivity index (χ2v) is 1.54. The summed E-state index contributed by atoms with van der Waals surface area (Å²) >= 11 is 0. The molecule has 0 rings (SSSR count). The van der Waals surface area contributed by atoms with E-state index in [1.165, 1.54) is 6.21 Å². The van der Waals surface area contributed by atoms with Crippen molar-refractivity contribution in [3.05, 3.63) is 24.3 Å². The molecule has 1 N–H and O–H groups in total. The normalized spacial score (nSPS) is 9.62. The number of allylic oxidation sites excluding steroid dienone is 3. The van der Waals surface area contributed by atoms with Crippen LogP contribution in [0.25, 0.3) is 0 Å². The fraction of sp³-hybridized carbons (Fsp3) is 0.286. The predicted octanol–water partition coefficient (Wildman–Crippen LogP) is 2.16. The Balaban J connectivity index is 3.52. The van der Waals surface area contributed by atoms with Gasteiger partial charge in [-0.05, 0) is 12.5 Å². The SMILES string of the molecule is C=C(/C=C\C=N)CC. The fourth-order valence-corrected chi connectivity index (χ4v) is 0.302. The summed E-state index contributed by atoms with van der Waals surface area (Å²) in [7, 11) is 0. The summed E-state index contributed by atoms with van der Waals surface area (Å²) in [5.41, 5.74) is 1.06. The summed E-state index contributed by atoms with van der Waals surface area (Å²) in [5, 5.41) is 6.62. The van der Waals surface area contributed by atoms with Crippen LogP contribution in [0.3, 0.4) is 0 Å². The van der Waals surface area contributed by atoms with Gasteiger partial charge in [-0.25, -0.2) is 0 Å². The Hall–Kier alpha value is -0.850. The third kappa shape index (κ3) is 3.34. The predicted molar refractivity (Wildman–Crippen MR) is 37.4 cm³/mol. The van der Waals surface area contributed by atoms with Gasteiger partial charge in [0, 0.05) is 6.21 Å². The first kappa shape index (κ1) is 7.15. The zero-order valence-electron chi connectivity index (χ0n) is 5.15. The van der Waals surface area contributed by atoms with E-state index in [9.17, 15) is 0 Å². The van der Waals surface area contributed by atoms with Gasteiger partial charge in [0.05, 0.1) is 0 Å². The molecule has 0 unspecified atom stereocenters. The van der Waals surface area contributed by atoms with Crippen molar-refractivity contribution in [2.75, 3.05) is 0 Å². The lowest BCUT2D eigenvalue weighted by Gasteiger charge is -1.86. The minimum absolute atomic E-state index is 0.963. The Morgan fingerprint density at radius 3 is 2.75 bits per heavy atom. The molecule has 0 aliphatic rings. The number of hydrogen-bond donors (Lipinski definition) is 1. The lowest BCUT2D eigenvalue weighted by atomic mass is 10.2. The van der Waals surface area contributed by atoms with Crippen LogP contribution in [0.5, 0.6) is 0 Å². The molecular formula is C7H11N. The maximum absolute atomic E-state index is 6.62. The summed E-state index contributed by atoms with van der Waals surface area (Å²) < 4.78 is 0. The average Bonchev–Trinajstić information content (AvgIpc) is 1.83. The van der Waals surface area contributed by atoms with Crippen LogP contribution >= 0.6 is 0 Å². The molecular weight excluding hydrogens is 98.1 g/mol. The van der Waals surface area contributed by atoms with E-state index < -0.39 is 0 Å². The van der Waals surface area contributed by atoms with Crippen molar-refractivity contribution in [3.63, 3.8) is 0 Å². The van der Waals surface area contributed by atoms with Crippen LogP contribution in [0.1, 0.15) is 13.3 Å². The van der Waals surface area contributed by atoms with Crippen molar-refractivity contribution in [2.45, 2.75) is 13.3 Å². The topological polar surface area (TPSA) is 23.9 Å². The molecule has 8 heavy (non-hydrogen) atoms. The number of rotatable bonds is 3. The molecule has 0 aromatic rings. The molecule has 0 radical (unpaired) electrons. The second kappa shape index (κ2) is 4.31. The molecule has 1 heteroatoms. The van der Waals surface area contributed by atoms with E-state index in [0.717, 1.165) is 12.0 Å². The van der Waals surface area contributed by atoms with E-state index in [4.69, 9.17) is 5.41 Å². The van der Waals surface area contributed by atoms with Gasteiger partial charge in [-0.2, -0.15) is 0 Å². The van der Waals surface area contributed by atoms with E-state index in [1.54, 1.807) is 6.08 Å². The van der Waals surface area contributed by atoms with Crippen LogP contribution in [-0.4, -0.2) is 6.21 Å². The van der Waals surface area contributed by atoms with E-state index in [-0.39, 0.29) is 0 Å². The van der Waals surface area contributed by atoms with Gasteiger partial charge in [0.1, 0.15) is 0 Å². The van der Waals surface area contributed by atoms with E-state index in [0.29, 0.717) is 0 Å². The molecule has 0 saturated carbocycles. The largest absolute Gasteiger partial charge is 0.309 e. The summed E-state index contributed by atoms with van der Waals surface area (Å²) in [6.45, 7) is 5.76. The van der Waals surface area contributed by atoms with Gasteiger partial charge >= 0.3 is 0 Å². The standard InChI is InChI=1S/C7H11N/c1-3-7(2)5-4-6-8/h4-6,8H,2-3H2,1H3/b5-4-,8-6?. The van der Waals surface area contributed by atoms with E-state index >= 15 is 0 Å². The average molecular weight is 109 g/mol. The van der Waals surface area contributed by atoms with Crippen LogP contribution in [-0.2, 0) is 0 Å². The van der Waals surface area contributed by atoms with Crippen LogP contribution in [0.4, 0.5) is 0 Å². The second-order valence-electron chi connectivity index (χ2n) is 1.54. The molecule has 0 aliphatic carbocycles. The Morgan fingerprint density at radius 2 is 2.38 bits per heavy atom. The monoisotopic (exact) mass is 109 g/mol. The summed E-state index contributed by atoms with van der Waals surface area (Å²) in [6.07, 6.45) is 5.73. The van der Waals surface area contributed by atoms with Gasteiger partial charge in [0.2, 0.25) is 0 Å².